The average molecular weight is 470 g/mol. The lowest BCUT2D eigenvalue weighted by Crippen LogP contribution is -2.47. The molecular weight excluding hydrogens is 441 g/mol. The van der Waals surface area contributed by atoms with Gasteiger partial charge in [-0.1, -0.05) is 0 Å². The number of hydrogen-bond donors (Lipinski definition) is 2. The topological polar surface area (TPSA) is 81.1 Å². The summed E-state index contributed by atoms with van der Waals surface area (Å²) in [6.45, 7) is 11.0. The summed E-state index contributed by atoms with van der Waals surface area (Å²) in [7, 11) is 2.10. The molecule has 33 heavy (non-hydrogen) atoms. The molecule has 2 aromatic heterocycles. The van der Waals surface area contributed by atoms with Crippen LogP contribution >= 0.6 is 11.5 Å². The molecule has 1 fully saturated rings. The first-order valence-corrected chi connectivity index (χ1v) is 11.5. The Morgan fingerprint density at radius 2 is 2.06 bits per heavy atom. The van der Waals surface area contributed by atoms with Crippen LogP contribution in [0.15, 0.2) is 46.1 Å². The Hall–Kier alpha value is -3.24. The zero-order valence-electron chi connectivity index (χ0n) is 19.1. The van der Waals surface area contributed by atoms with Crippen molar-refractivity contribution in [2.75, 3.05) is 45.3 Å². The lowest BCUT2D eigenvalue weighted by atomic mass is 10.2. The molecule has 0 aliphatic carbocycles. The first kappa shape index (κ1) is 22.9. The summed E-state index contributed by atoms with van der Waals surface area (Å²) in [6.07, 6.45) is 1.84. The van der Waals surface area contributed by atoms with Crippen LogP contribution < -0.4 is 10.1 Å². The zero-order valence-corrected chi connectivity index (χ0v) is 19.9. The molecule has 0 bridgehead atoms. The minimum Gasteiger partial charge on any atom is -0.468 e. The summed E-state index contributed by atoms with van der Waals surface area (Å²) >= 11 is 1.36. The molecule has 8 nitrogen and oxygen atoms in total. The van der Waals surface area contributed by atoms with Crippen molar-refractivity contribution in [1.29, 1.82) is 0 Å². The van der Waals surface area contributed by atoms with Crippen molar-refractivity contribution in [2.45, 2.75) is 13.8 Å². The number of nitrogens with zero attached hydrogens (tertiary/aromatic N) is 5. The summed E-state index contributed by atoms with van der Waals surface area (Å²) in [5, 5.41) is 5.00. The Bertz CT molecular complexity index is 1190. The number of hydrogen-bond acceptors (Lipinski definition) is 7. The van der Waals surface area contributed by atoms with Gasteiger partial charge in [0.15, 0.2) is 18.3 Å². The second-order valence-electron chi connectivity index (χ2n) is 8.05. The van der Waals surface area contributed by atoms with Crippen molar-refractivity contribution in [3.05, 3.63) is 53.4 Å². The van der Waals surface area contributed by atoms with E-state index in [1.165, 1.54) is 17.6 Å². The van der Waals surface area contributed by atoms with Crippen LogP contribution in [0.4, 0.5) is 9.39 Å². The fourth-order valence-corrected chi connectivity index (χ4v) is 4.29. The molecule has 0 saturated carbocycles. The summed E-state index contributed by atoms with van der Waals surface area (Å²) in [5.41, 5.74) is 2.65. The number of aliphatic imine (C=N–C) groups is 2. The number of rotatable bonds is 7. The number of likely N-dealkylation sites (N-methyl/N-ethyl adjacent to an activating group) is 1. The second-order valence-corrected chi connectivity index (χ2v) is 8.85. The summed E-state index contributed by atoms with van der Waals surface area (Å²) in [5.74, 6) is 1.02. The Morgan fingerprint density at radius 1 is 1.27 bits per heavy atom. The van der Waals surface area contributed by atoms with Gasteiger partial charge in [-0.05, 0) is 57.3 Å². The quantitative estimate of drug-likeness (QED) is 0.404. The van der Waals surface area contributed by atoms with Gasteiger partial charge in [-0.3, -0.25) is 0 Å². The Labute approximate surface area is 196 Å². The van der Waals surface area contributed by atoms with E-state index in [1.54, 1.807) is 6.07 Å². The summed E-state index contributed by atoms with van der Waals surface area (Å²) in [4.78, 5) is 16.3. The van der Waals surface area contributed by atoms with Crippen LogP contribution in [0.1, 0.15) is 11.4 Å². The van der Waals surface area contributed by atoms with E-state index >= 15 is 0 Å². The van der Waals surface area contributed by atoms with Gasteiger partial charge in [-0.2, -0.15) is 4.37 Å². The number of anilines is 1. The number of halogens is 1. The molecule has 0 amide bonds. The van der Waals surface area contributed by atoms with Gasteiger partial charge in [0.25, 0.3) is 0 Å². The third kappa shape index (κ3) is 5.77. The van der Waals surface area contributed by atoms with Gasteiger partial charge in [0.1, 0.15) is 16.7 Å². The minimum atomic E-state index is -0.424. The van der Waals surface area contributed by atoms with E-state index in [4.69, 9.17) is 4.74 Å². The Balaban J connectivity index is 1.54. The van der Waals surface area contributed by atoms with Gasteiger partial charge in [-0.15, -0.1) is 0 Å². The average Bonchev–Trinajstić information content (AvgIpc) is 3.36. The number of ether oxygens (including phenoxy) is 1. The molecule has 0 spiro atoms. The molecule has 174 valence electrons. The number of aromatic nitrogens is 2. The molecule has 0 unspecified atom stereocenters. The molecule has 10 heteroatoms. The smallest absolute Gasteiger partial charge is 0.181 e. The van der Waals surface area contributed by atoms with Crippen LogP contribution in [-0.2, 0) is 0 Å². The fourth-order valence-electron chi connectivity index (χ4n) is 3.62. The van der Waals surface area contributed by atoms with Crippen LogP contribution in [0.2, 0.25) is 0 Å². The van der Waals surface area contributed by atoms with E-state index in [2.05, 4.69) is 48.2 Å². The van der Waals surface area contributed by atoms with Crippen molar-refractivity contribution < 1.29 is 9.13 Å². The SMILES string of the molecule is C=N/C(=C\C(=N/COc1cc2cc(C)[nH]c2cc1F)N1CCN(C)CC1)Nc1cc(C)ns1. The highest BCUT2D eigenvalue weighted by molar-refractivity contribution is 7.10. The number of piperazine rings is 1. The summed E-state index contributed by atoms with van der Waals surface area (Å²) < 4.78 is 24.5. The fraction of sp³-hybridized carbons (Fsp3) is 0.348. The van der Waals surface area contributed by atoms with Crippen LogP contribution in [0.5, 0.6) is 5.75 Å². The molecule has 3 aromatic rings. The molecular formula is C23H28FN7OS. The maximum absolute atomic E-state index is 14.5. The van der Waals surface area contributed by atoms with E-state index in [1.807, 2.05) is 32.1 Å². The number of nitrogens with one attached hydrogen (secondary N) is 2. The van der Waals surface area contributed by atoms with Crippen LogP contribution in [-0.4, -0.2) is 71.7 Å². The van der Waals surface area contributed by atoms with Crippen molar-refractivity contribution in [1.82, 2.24) is 19.2 Å². The first-order chi connectivity index (χ1) is 15.9. The van der Waals surface area contributed by atoms with Gasteiger partial charge in [0, 0.05) is 54.9 Å². The lowest BCUT2D eigenvalue weighted by molar-refractivity contribution is 0.214. The van der Waals surface area contributed by atoms with Gasteiger partial charge >= 0.3 is 0 Å². The molecule has 0 atom stereocenters. The molecule has 4 rings (SSSR count). The van der Waals surface area contributed by atoms with E-state index in [9.17, 15) is 4.39 Å². The maximum Gasteiger partial charge on any atom is 0.181 e. The van der Waals surface area contributed by atoms with Crippen LogP contribution in [0.3, 0.4) is 0 Å². The number of amidine groups is 1. The van der Waals surface area contributed by atoms with Crippen molar-refractivity contribution in [3.8, 4) is 5.75 Å². The third-order valence-electron chi connectivity index (χ3n) is 5.40. The van der Waals surface area contributed by atoms with E-state index in [0.717, 1.165) is 53.5 Å². The molecule has 2 N–H and O–H groups in total. The van der Waals surface area contributed by atoms with E-state index in [0.29, 0.717) is 11.7 Å². The number of aromatic amines is 1. The molecule has 3 heterocycles. The van der Waals surface area contributed by atoms with Crippen LogP contribution in [0, 0.1) is 19.7 Å². The van der Waals surface area contributed by atoms with Crippen molar-refractivity contribution >= 4 is 40.0 Å². The van der Waals surface area contributed by atoms with Crippen LogP contribution in [0.25, 0.3) is 10.9 Å². The molecule has 1 aliphatic rings. The molecule has 1 aliphatic heterocycles. The van der Waals surface area contributed by atoms with Crippen molar-refractivity contribution in [3.63, 3.8) is 0 Å². The zero-order chi connectivity index (χ0) is 23.4. The Morgan fingerprint density at radius 3 is 2.76 bits per heavy atom. The maximum atomic E-state index is 14.5. The summed E-state index contributed by atoms with van der Waals surface area (Å²) in [6, 6.07) is 7.04. The number of H-pyrrole nitrogens is 1. The number of aryl methyl sites for hydroxylation is 2. The van der Waals surface area contributed by atoms with Crippen molar-refractivity contribution in [2.24, 2.45) is 9.98 Å². The standard InChI is InChI=1S/C23H28FN7OS/c1-15-9-17-11-20(18(24)12-19(17)27-15)32-14-26-22(31-7-5-30(4)6-8-31)13-21(25-3)28-23-10-16(2)29-33-23/h9-13,27-28H,3,5-8,14H2,1-2,4H3/b21-13+,26-22+. The highest BCUT2D eigenvalue weighted by Gasteiger charge is 2.17. The normalized spacial score (nSPS) is 15.8. The first-order valence-electron chi connectivity index (χ1n) is 10.7. The second kappa shape index (κ2) is 10.1. The van der Waals surface area contributed by atoms with E-state index < -0.39 is 5.82 Å². The van der Waals surface area contributed by atoms with Gasteiger partial charge < -0.3 is 24.8 Å². The van der Waals surface area contributed by atoms with Gasteiger partial charge in [-0.25, -0.2) is 14.4 Å². The van der Waals surface area contributed by atoms with Gasteiger partial charge in [0.05, 0.1) is 5.69 Å². The molecule has 0 radical (unpaired) electrons. The predicted molar refractivity (Wildman–Crippen MR) is 133 cm³/mol. The van der Waals surface area contributed by atoms with Gasteiger partial charge in [0.2, 0.25) is 0 Å². The molecule has 1 saturated heterocycles. The van der Waals surface area contributed by atoms with E-state index in [-0.39, 0.29) is 12.5 Å². The predicted octanol–water partition coefficient (Wildman–Crippen LogP) is 4.02. The number of fused-ring (bicyclic) bond motifs is 1. The highest BCUT2D eigenvalue weighted by atomic mass is 32.1. The highest BCUT2D eigenvalue weighted by Crippen LogP contribution is 2.25. The number of benzene rings is 1. The largest absolute Gasteiger partial charge is 0.468 e. The molecule has 1 aromatic carbocycles. The minimum absolute atomic E-state index is 0.0197. The lowest BCUT2D eigenvalue weighted by Gasteiger charge is -2.33. The monoisotopic (exact) mass is 469 g/mol. The Kier molecular flexibility index (Phi) is 7.05. The third-order valence-corrected chi connectivity index (χ3v) is 6.19.